The lowest BCUT2D eigenvalue weighted by Gasteiger charge is -2.44. The van der Waals surface area contributed by atoms with Gasteiger partial charge in [-0.3, -0.25) is 19.2 Å². The summed E-state index contributed by atoms with van der Waals surface area (Å²) in [5, 5.41) is 0. The zero-order chi connectivity index (χ0) is 22.1. The van der Waals surface area contributed by atoms with E-state index >= 15 is 0 Å². The molecule has 0 aromatic rings. The summed E-state index contributed by atoms with van der Waals surface area (Å²) in [7, 11) is 0. The molecule has 166 valence electrons. The van der Waals surface area contributed by atoms with Crippen LogP contribution in [0, 0.1) is 0 Å². The molecule has 1 saturated heterocycles. The number of esters is 4. The van der Waals surface area contributed by atoms with E-state index in [1.807, 2.05) is 0 Å². The highest BCUT2D eigenvalue weighted by atomic mass is 16.8. The number of carbonyl (C=O) groups is 4. The Balaban J connectivity index is 3.28. The van der Waals surface area contributed by atoms with Gasteiger partial charge in [-0.25, -0.2) is 0 Å². The van der Waals surface area contributed by atoms with E-state index < -0.39 is 60.9 Å². The monoisotopic (exact) mass is 420 g/mol. The molecule has 29 heavy (non-hydrogen) atoms. The topological polar surface area (TPSA) is 133 Å². The van der Waals surface area contributed by atoms with Crippen molar-refractivity contribution in [2.24, 2.45) is 0 Å². The molecule has 11 heteroatoms. The average Bonchev–Trinajstić information content (AvgIpc) is 2.57. The second kappa shape index (κ2) is 11.7. The van der Waals surface area contributed by atoms with E-state index in [9.17, 15) is 19.2 Å². The molecule has 0 aromatic heterocycles. The van der Waals surface area contributed by atoms with Crippen molar-refractivity contribution in [3.63, 3.8) is 0 Å². The minimum atomic E-state index is -1.27. The lowest BCUT2D eigenvalue weighted by molar-refractivity contribution is -0.336. The third-order valence-corrected chi connectivity index (χ3v) is 3.68. The van der Waals surface area contributed by atoms with Crippen molar-refractivity contribution in [1.82, 2.24) is 0 Å². The largest absolute Gasteiger partial charge is 0.463 e. The maximum absolute atomic E-state index is 11.7. The Kier molecular flexibility index (Phi) is 9.99. The van der Waals surface area contributed by atoms with Crippen LogP contribution in [0.1, 0.15) is 41.5 Å². The lowest BCUT2D eigenvalue weighted by atomic mass is 9.98. The van der Waals surface area contributed by atoms with E-state index in [1.165, 1.54) is 6.92 Å². The predicted octanol–water partition coefficient (Wildman–Crippen LogP) is 0.469. The molecule has 1 fully saturated rings. The van der Waals surface area contributed by atoms with Crippen molar-refractivity contribution in [1.29, 1.82) is 0 Å². The molecule has 0 aliphatic carbocycles. The first-order chi connectivity index (χ1) is 13.5. The zero-order valence-corrected chi connectivity index (χ0v) is 17.4. The smallest absolute Gasteiger partial charge is 0.303 e. The standard InChI is InChI=1S/C18H28O11/c1-7-23-13(6)28-18-17(27-12(5)22)16(26-11(4)21)15(25-10(3)20)14(29-18)8-24-9(2)19/h13-18H,7-8H2,1-6H3/t13-,14+,15+,16-,17+,18-/m0/s1. The summed E-state index contributed by atoms with van der Waals surface area (Å²) in [4.78, 5) is 46.2. The van der Waals surface area contributed by atoms with Gasteiger partial charge in [0.25, 0.3) is 0 Å². The summed E-state index contributed by atoms with van der Waals surface area (Å²) in [6.07, 6.45) is -6.83. The van der Waals surface area contributed by atoms with Crippen LogP contribution in [-0.4, -0.2) is 74.1 Å². The Bertz CT molecular complexity index is 590. The molecular formula is C18H28O11. The van der Waals surface area contributed by atoms with Gasteiger partial charge in [-0.15, -0.1) is 0 Å². The quantitative estimate of drug-likeness (QED) is 0.293. The molecule has 0 radical (unpaired) electrons. The number of hydrogen-bond acceptors (Lipinski definition) is 11. The van der Waals surface area contributed by atoms with Gasteiger partial charge in [0.15, 0.2) is 24.6 Å². The minimum absolute atomic E-state index is 0.319. The Hall–Kier alpha value is -2.24. The van der Waals surface area contributed by atoms with Crippen molar-refractivity contribution in [2.45, 2.75) is 78.5 Å². The van der Waals surface area contributed by atoms with Crippen LogP contribution in [0.3, 0.4) is 0 Å². The van der Waals surface area contributed by atoms with Gasteiger partial charge in [0.1, 0.15) is 12.7 Å². The van der Waals surface area contributed by atoms with Crippen LogP contribution in [0.4, 0.5) is 0 Å². The van der Waals surface area contributed by atoms with Crippen LogP contribution in [0.25, 0.3) is 0 Å². The summed E-state index contributed by atoms with van der Waals surface area (Å²) >= 11 is 0. The van der Waals surface area contributed by atoms with Gasteiger partial charge in [0.2, 0.25) is 6.29 Å². The molecule has 1 aliphatic rings. The van der Waals surface area contributed by atoms with Crippen LogP contribution in [-0.2, 0) is 52.3 Å². The van der Waals surface area contributed by atoms with Crippen LogP contribution >= 0.6 is 0 Å². The first kappa shape index (κ1) is 24.8. The van der Waals surface area contributed by atoms with E-state index in [4.69, 9.17) is 33.2 Å². The SMILES string of the molecule is CCO[C@H](C)O[C@H]1O[C@H](COC(C)=O)[C@@H](OC(C)=O)[C@H](OC(C)=O)[C@H]1OC(C)=O. The summed E-state index contributed by atoms with van der Waals surface area (Å²) in [6.45, 7) is 8.01. The molecule has 1 aliphatic heterocycles. The van der Waals surface area contributed by atoms with Gasteiger partial charge in [0.05, 0.1) is 0 Å². The molecule has 0 amide bonds. The second-order valence-corrected chi connectivity index (χ2v) is 6.23. The molecular weight excluding hydrogens is 392 g/mol. The van der Waals surface area contributed by atoms with Gasteiger partial charge in [-0.1, -0.05) is 0 Å². The highest BCUT2D eigenvalue weighted by molar-refractivity contribution is 5.68. The molecule has 1 rings (SSSR count). The highest BCUT2D eigenvalue weighted by Gasteiger charge is 2.53. The lowest BCUT2D eigenvalue weighted by Crippen LogP contribution is -2.63. The van der Waals surface area contributed by atoms with Crippen LogP contribution in [0.2, 0.25) is 0 Å². The molecule has 1 heterocycles. The summed E-state index contributed by atoms with van der Waals surface area (Å²) in [6, 6.07) is 0. The first-order valence-electron chi connectivity index (χ1n) is 9.12. The van der Waals surface area contributed by atoms with Gasteiger partial charge >= 0.3 is 23.9 Å². The molecule has 0 unspecified atom stereocenters. The van der Waals surface area contributed by atoms with Gasteiger partial charge in [-0.2, -0.15) is 0 Å². The maximum Gasteiger partial charge on any atom is 0.303 e. The fourth-order valence-corrected chi connectivity index (χ4v) is 2.76. The Morgan fingerprint density at radius 3 is 1.83 bits per heavy atom. The summed E-state index contributed by atoms with van der Waals surface area (Å²) in [5.74, 6) is -2.71. The van der Waals surface area contributed by atoms with E-state index in [0.29, 0.717) is 6.61 Å². The van der Waals surface area contributed by atoms with Crippen molar-refractivity contribution in [3.05, 3.63) is 0 Å². The highest BCUT2D eigenvalue weighted by Crippen LogP contribution is 2.30. The van der Waals surface area contributed by atoms with Crippen molar-refractivity contribution in [2.75, 3.05) is 13.2 Å². The van der Waals surface area contributed by atoms with Crippen molar-refractivity contribution >= 4 is 23.9 Å². The Labute approximate surface area is 168 Å². The maximum atomic E-state index is 11.7. The van der Waals surface area contributed by atoms with E-state index in [0.717, 1.165) is 20.8 Å². The zero-order valence-electron chi connectivity index (χ0n) is 17.4. The fraction of sp³-hybridized carbons (Fsp3) is 0.778. The van der Waals surface area contributed by atoms with Crippen LogP contribution in [0.15, 0.2) is 0 Å². The molecule has 0 bridgehead atoms. The number of carbonyl (C=O) groups excluding carboxylic acids is 4. The van der Waals surface area contributed by atoms with E-state index in [1.54, 1.807) is 13.8 Å². The average molecular weight is 420 g/mol. The summed E-state index contributed by atoms with van der Waals surface area (Å²) in [5.41, 5.74) is 0. The number of hydrogen-bond donors (Lipinski definition) is 0. The number of rotatable bonds is 9. The molecule has 6 atom stereocenters. The van der Waals surface area contributed by atoms with Crippen molar-refractivity contribution < 1.29 is 52.3 Å². The normalized spacial score (nSPS) is 27.4. The van der Waals surface area contributed by atoms with Crippen molar-refractivity contribution in [3.8, 4) is 0 Å². The third kappa shape index (κ3) is 8.34. The second-order valence-electron chi connectivity index (χ2n) is 6.23. The van der Waals surface area contributed by atoms with Crippen LogP contribution in [0.5, 0.6) is 0 Å². The molecule has 0 aromatic carbocycles. The van der Waals surface area contributed by atoms with E-state index in [2.05, 4.69) is 0 Å². The molecule has 11 nitrogen and oxygen atoms in total. The predicted molar refractivity (Wildman–Crippen MR) is 94.1 cm³/mol. The minimum Gasteiger partial charge on any atom is -0.463 e. The molecule has 0 spiro atoms. The Morgan fingerprint density at radius 1 is 0.828 bits per heavy atom. The molecule has 0 N–H and O–H groups in total. The van der Waals surface area contributed by atoms with E-state index in [-0.39, 0.29) is 6.61 Å². The van der Waals surface area contributed by atoms with Gasteiger partial charge in [0, 0.05) is 34.3 Å². The first-order valence-corrected chi connectivity index (χ1v) is 9.12. The van der Waals surface area contributed by atoms with Gasteiger partial charge in [-0.05, 0) is 13.8 Å². The Morgan fingerprint density at radius 2 is 1.34 bits per heavy atom. The van der Waals surface area contributed by atoms with Crippen LogP contribution < -0.4 is 0 Å². The number of ether oxygens (including phenoxy) is 7. The summed E-state index contributed by atoms with van der Waals surface area (Å²) < 4.78 is 37.5. The van der Waals surface area contributed by atoms with Gasteiger partial charge < -0.3 is 33.2 Å². The molecule has 0 saturated carbocycles. The fourth-order valence-electron chi connectivity index (χ4n) is 2.76. The third-order valence-electron chi connectivity index (χ3n) is 3.68.